The summed E-state index contributed by atoms with van der Waals surface area (Å²) >= 11 is 3.37. The van der Waals surface area contributed by atoms with Crippen molar-refractivity contribution in [2.45, 2.75) is 181 Å². The van der Waals surface area contributed by atoms with Gasteiger partial charge >= 0.3 is 11.9 Å². The first kappa shape index (κ1) is 73.7. The number of hydrogen-bond donors (Lipinski definition) is 7. The number of unbranched alkanes of at least 4 members (excludes halogenated alkanes) is 13. The fraction of sp³-hybridized carbons (Fsp3) is 0.615. The molecule has 3 aromatic heterocycles. The number of pyridine rings is 1. The van der Waals surface area contributed by atoms with Gasteiger partial charge in [-0.3, -0.25) is 43.0 Å². The van der Waals surface area contributed by atoms with Crippen LogP contribution in [0.3, 0.4) is 0 Å². The highest BCUT2D eigenvalue weighted by atomic mass is 79.9. The molecule has 504 valence electrons. The Morgan fingerprint density at radius 2 is 1.22 bits per heavy atom. The lowest BCUT2D eigenvalue weighted by Gasteiger charge is -2.27. The van der Waals surface area contributed by atoms with Crippen LogP contribution >= 0.6 is 15.9 Å². The van der Waals surface area contributed by atoms with E-state index in [1.165, 1.54) is 43.7 Å². The van der Waals surface area contributed by atoms with Crippen LogP contribution in [0.5, 0.6) is 0 Å². The molecule has 4 atom stereocenters. The fourth-order valence-corrected chi connectivity index (χ4v) is 11.7. The number of ether oxygens (including phenoxy) is 4. The Morgan fingerprint density at radius 3 is 1.80 bits per heavy atom. The first-order valence-corrected chi connectivity index (χ1v) is 33.0. The number of nitrogens with one attached hydrogen (secondary N) is 5. The third-order valence-electron chi connectivity index (χ3n) is 16.4. The van der Waals surface area contributed by atoms with E-state index in [4.69, 9.17) is 24.1 Å². The van der Waals surface area contributed by atoms with Gasteiger partial charge in [-0.05, 0) is 104 Å². The number of carboxylic acid groups (broad SMARTS) is 2. The monoisotopic (exact) mass is 1350 g/mol. The maximum atomic E-state index is 14.6. The van der Waals surface area contributed by atoms with Crippen LogP contribution in [0.25, 0.3) is 22.0 Å². The number of halogens is 1. The first-order valence-electron chi connectivity index (χ1n) is 32.2. The lowest BCUT2D eigenvalue weighted by molar-refractivity contribution is -0.142. The van der Waals surface area contributed by atoms with Crippen LogP contribution in [-0.4, -0.2) is 184 Å². The molecule has 7 N–H and O–H groups in total. The molecule has 27 heteroatoms. The van der Waals surface area contributed by atoms with Crippen LogP contribution < -0.4 is 26.6 Å². The number of Topliss-reactive ketones (excluding diaryl/α,β-unsaturated/α-hetero) is 1. The number of aromatic nitrogens is 5. The van der Waals surface area contributed by atoms with Crippen LogP contribution in [0.15, 0.2) is 41.3 Å². The van der Waals surface area contributed by atoms with E-state index in [1.54, 1.807) is 30.3 Å². The van der Waals surface area contributed by atoms with Gasteiger partial charge in [0.1, 0.15) is 53.8 Å². The van der Waals surface area contributed by atoms with Gasteiger partial charge in [0.05, 0.1) is 45.2 Å². The minimum atomic E-state index is -1.20. The molecule has 1 unspecified atom stereocenters. The summed E-state index contributed by atoms with van der Waals surface area (Å²) in [7, 11) is 0. The van der Waals surface area contributed by atoms with E-state index in [-0.39, 0.29) is 158 Å². The van der Waals surface area contributed by atoms with Gasteiger partial charge in [0.15, 0.2) is 5.78 Å². The second-order valence-electron chi connectivity index (χ2n) is 23.8. The van der Waals surface area contributed by atoms with Gasteiger partial charge in [-0.15, -0.1) is 0 Å². The number of hydrogen-bond acceptors (Lipinski definition) is 17. The van der Waals surface area contributed by atoms with E-state index in [9.17, 15) is 48.3 Å². The van der Waals surface area contributed by atoms with Gasteiger partial charge in [-0.25, -0.2) is 19.7 Å². The molecule has 0 bridgehead atoms. The molecule has 1 saturated heterocycles. The predicted molar refractivity (Wildman–Crippen MR) is 344 cm³/mol. The summed E-state index contributed by atoms with van der Waals surface area (Å²) in [6.07, 6.45) is 19.5. The number of carbonyl (C=O) groups excluding carboxylic acids is 7. The van der Waals surface area contributed by atoms with Crippen molar-refractivity contribution >= 4 is 85.8 Å². The number of aliphatic carboxylic acids is 2. The summed E-state index contributed by atoms with van der Waals surface area (Å²) in [5.41, 5.74) is 3.28. The lowest BCUT2D eigenvalue weighted by atomic mass is 9.99. The Kier molecular flexibility index (Phi) is 31.0. The van der Waals surface area contributed by atoms with Gasteiger partial charge in [-0.2, -0.15) is 5.10 Å². The standard InChI is InChI=1S/C65H92BrN11O15/c1-43-21-23-53(66)73-62(43)74-63(86)51-35-65(36-52(65)77(51)58(83)39-76-61-44(2)33-47(48-37-69-46(4)70-38-48)34-49(61)60(75-76)45(3)78)42-71-57(82)41-92-32-30-90-28-26-68-56(81)40-91-31-29-89-27-25-67-54(79)24-22-50(64(87)88)72-55(80)19-17-15-13-11-9-7-5-6-8-10-12-14-16-18-20-59(84)85/h21,23,33-34,37-38,50-52H,5-20,22,24-32,35-36,39-42H2,1-4H3,(H,67,79)(H,68,81)(H,71,82)(H,72,80)(H,84,85)(H,87,88)(H,73,74,86)/t50-,51-,52?,65-/m0/s1. The van der Waals surface area contributed by atoms with Crippen LogP contribution in [0.1, 0.15) is 163 Å². The lowest BCUT2D eigenvalue weighted by Crippen LogP contribution is -2.47. The average molecular weight is 1350 g/mol. The van der Waals surface area contributed by atoms with E-state index >= 15 is 0 Å². The highest BCUT2D eigenvalue weighted by Gasteiger charge is 2.67. The van der Waals surface area contributed by atoms with Crippen molar-refractivity contribution in [1.82, 2.24) is 50.9 Å². The number of anilines is 1. The highest BCUT2D eigenvalue weighted by molar-refractivity contribution is 9.10. The van der Waals surface area contributed by atoms with E-state index in [1.807, 2.05) is 32.0 Å². The summed E-state index contributed by atoms with van der Waals surface area (Å²) in [4.78, 5) is 129. The molecule has 1 aliphatic heterocycles. The third kappa shape index (κ3) is 24.6. The van der Waals surface area contributed by atoms with Crippen molar-refractivity contribution in [3.8, 4) is 11.1 Å². The van der Waals surface area contributed by atoms with Crippen LogP contribution in [-0.2, 0) is 63.8 Å². The second-order valence-corrected chi connectivity index (χ2v) is 24.6. The SMILES string of the molecule is CC(=O)c1nn(CC(=O)N2C3C[C@]3(CNC(=O)COCCOCCNC(=O)COCCOCCNC(=O)CC[C@H](NC(=O)CCCCCCCCCCCCCCCCC(=O)O)C(=O)O)C[C@H]2C(=O)Nc2nc(Br)ccc2C)c2c(C)cc(-c3cnc(C)nc3)cc12. The fourth-order valence-electron chi connectivity index (χ4n) is 11.4. The number of nitrogens with zero attached hydrogens (tertiary/aromatic N) is 6. The van der Waals surface area contributed by atoms with Gasteiger partial charge in [0, 0.05) is 80.6 Å². The summed E-state index contributed by atoms with van der Waals surface area (Å²) in [6, 6.07) is 4.91. The maximum Gasteiger partial charge on any atom is 0.326 e. The summed E-state index contributed by atoms with van der Waals surface area (Å²) in [6.45, 7) is 7.64. The number of carboxylic acids is 2. The zero-order valence-corrected chi connectivity index (χ0v) is 55.2. The first-order chi connectivity index (χ1) is 44.2. The molecule has 6 amide bonds. The minimum absolute atomic E-state index is 0.0513. The zero-order chi connectivity index (χ0) is 66.4. The number of fused-ring (bicyclic) bond motifs is 2. The van der Waals surface area contributed by atoms with E-state index < -0.39 is 35.3 Å². The molecule has 0 spiro atoms. The number of likely N-dealkylation sites (tertiary alicyclic amines) is 1. The number of rotatable bonds is 46. The topological polar surface area (TPSA) is 351 Å². The molecule has 1 aliphatic carbocycles. The second kappa shape index (κ2) is 38.6. The highest BCUT2D eigenvalue weighted by Crippen LogP contribution is 2.59. The van der Waals surface area contributed by atoms with Crippen molar-refractivity contribution in [3.63, 3.8) is 0 Å². The summed E-state index contributed by atoms with van der Waals surface area (Å²) in [5.74, 6) is -3.51. The smallest absolute Gasteiger partial charge is 0.326 e. The number of aryl methyl sites for hydroxylation is 3. The van der Waals surface area contributed by atoms with Gasteiger partial charge in [0.25, 0.3) is 0 Å². The van der Waals surface area contributed by atoms with Gasteiger partial charge in [0.2, 0.25) is 35.4 Å². The zero-order valence-electron chi connectivity index (χ0n) is 53.6. The molecule has 0 radical (unpaired) electrons. The van der Waals surface area contributed by atoms with Crippen molar-refractivity contribution < 1.29 is 72.3 Å². The number of benzene rings is 1. The number of carbonyl (C=O) groups is 9. The van der Waals surface area contributed by atoms with Crippen LogP contribution in [0.4, 0.5) is 5.82 Å². The van der Waals surface area contributed by atoms with Crippen LogP contribution in [0, 0.1) is 26.2 Å². The Balaban J connectivity index is 0.781. The summed E-state index contributed by atoms with van der Waals surface area (Å²) in [5, 5.41) is 37.3. The molecule has 2 fully saturated rings. The number of piperidine rings is 1. The average Bonchev–Trinajstić information content (AvgIpc) is 1.54. The molecular formula is C65H92BrN11O15. The van der Waals surface area contributed by atoms with Gasteiger partial charge < -0.3 is 60.6 Å². The largest absolute Gasteiger partial charge is 0.481 e. The predicted octanol–water partition coefficient (Wildman–Crippen LogP) is 6.87. The molecule has 6 rings (SSSR count). The molecule has 1 saturated carbocycles. The van der Waals surface area contributed by atoms with Crippen LogP contribution in [0.2, 0.25) is 0 Å². The molecule has 26 nitrogen and oxygen atoms in total. The Bertz CT molecular complexity index is 3130. The van der Waals surface area contributed by atoms with Gasteiger partial charge in [-0.1, -0.05) is 83.1 Å². The molecule has 4 heterocycles. The molecular weight excluding hydrogens is 1250 g/mol. The van der Waals surface area contributed by atoms with E-state index in [0.29, 0.717) is 40.0 Å². The van der Waals surface area contributed by atoms with E-state index in [2.05, 4.69) is 62.6 Å². The Morgan fingerprint density at radius 1 is 0.652 bits per heavy atom. The van der Waals surface area contributed by atoms with E-state index in [0.717, 1.165) is 73.6 Å². The minimum Gasteiger partial charge on any atom is -0.481 e. The molecule has 1 aromatic carbocycles. The Hall–Kier alpha value is -7.33. The summed E-state index contributed by atoms with van der Waals surface area (Å²) < 4.78 is 24.0. The molecule has 92 heavy (non-hydrogen) atoms. The van der Waals surface area contributed by atoms with Crippen molar-refractivity contribution in [1.29, 1.82) is 0 Å². The Labute approximate surface area is 545 Å². The van der Waals surface area contributed by atoms with Crippen molar-refractivity contribution in [3.05, 3.63) is 63.9 Å². The normalized spacial score (nSPS) is 16.0. The van der Waals surface area contributed by atoms with Crippen molar-refractivity contribution in [2.24, 2.45) is 5.41 Å². The maximum absolute atomic E-state index is 14.6. The number of amides is 6. The molecule has 4 aromatic rings. The quantitative estimate of drug-likeness (QED) is 0.0135. The molecule has 2 aliphatic rings. The third-order valence-corrected chi connectivity index (χ3v) is 16.8. The number of ketones is 1. The van der Waals surface area contributed by atoms with Crippen molar-refractivity contribution in [2.75, 3.05) is 77.8 Å².